The summed E-state index contributed by atoms with van der Waals surface area (Å²) in [5.41, 5.74) is 3.46. The van der Waals surface area contributed by atoms with E-state index in [1.807, 2.05) is 13.8 Å². The zero-order valence-electron chi connectivity index (χ0n) is 11.5. The van der Waals surface area contributed by atoms with Crippen molar-refractivity contribution in [1.29, 1.82) is 0 Å². The van der Waals surface area contributed by atoms with Crippen LogP contribution in [0, 0.1) is 13.8 Å². The molecule has 0 aliphatic rings. The minimum Gasteiger partial charge on any atom is -0.493 e. The van der Waals surface area contributed by atoms with Crippen LogP contribution in [-0.4, -0.2) is 26.6 Å². The SMILES string of the molecule is COCCCOc1c(C)cc(CCC=O)cc1C. The van der Waals surface area contributed by atoms with Crippen molar-refractivity contribution in [3.63, 3.8) is 0 Å². The molecule has 0 aliphatic carbocycles. The van der Waals surface area contributed by atoms with Crippen LogP contribution in [0.25, 0.3) is 0 Å². The number of aldehydes is 1. The molecule has 0 aromatic heterocycles. The zero-order valence-corrected chi connectivity index (χ0v) is 11.5. The fourth-order valence-corrected chi connectivity index (χ4v) is 2.02. The number of hydrogen-bond donors (Lipinski definition) is 0. The van der Waals surface area contributed by atoms with Gasteiger partial charge in [0.05, 0.1) is 6.61 Å². The molecule has 3 heteroatoms. The minimum absolute atomic E-state index is 0.576. The average molecular weight is 250 g/mol. The third-order valence-corrected chi connectivity index (χ3v) is 2.81. The molecule has 0 saturated carbocycles. The second-order valence-corrected chi connectivity index (χ2v) is 4.46. The van der Waals surface area contributed by atoms with E-state index in [-0.39, 0.29) is 0 Å². The van der Waals surface area contributed by atoms with Crippen LogP contribution in [0.4, 0.5) is 0 Å². The van der Waals surface area contributed by atoms with Crippen molar-refractivity contribution in [2.45, 2.75) is 33.1 Å². The molecule has 3 nitrogen and oxygen atoms in total. The van der Waals surface area contributed by atoms with Crippen LogP contribution in [0.15, 0.2) is 12.1 Å². The van der Waals surface area contributed by atoms with Crippen LogP contribution in [0.3, 0.4) is 0 Å². The Morgan fingerprint density at radius 1 is 1.17 bits per heavy atom. The molecule has 0 unspecified atom stereocenters. The van der Waals surface area contributed by atoms with Gasteiger partial charge >= 0.3 is 0 Å². The molecule has 100 valence electrons. The first-order valence-corrected chi connectivity index (χ1v) is 6.34. The molecule has 0 heterocycles. The van der Waals surface area contributed by atoms with Gasteiger partial charge in [0.2, 0.25) is 0 Å². The lowest BCUT2D eigenvalue weighted by Gasteiger charge is -2.13. The first-order chi connectivity index (χ1) is 8.69. The zero-order chi connectivity index (χ0) is 13.4. The lowest BCUT2D eigenvalue weighted by molar-refractivity contribution is -0.107. The van der Waals surface area contributed by atoms with Crippen LogP contribution < -0.4 is 4.74 Å². The Labute approximate surface area is 109 Å². The summed E-state index contributed by atoms with van der Waals surface area (Å²) in [5.74, 6) is 0.959. The average Bonchev–Trinajstić information content (AvgIpc) is 2.34. The maximum Gasteiger partial charge on any atom is 0.125 e. The summed E-state index contributed by atoms with van der Waals surface area (Å²) in [7, 11) is 1.69. The van der Waals surface area contributed by atoms with E-state index in [9.17, 15) is 4.79 Å². The van der Waals surface area contributed by atoms with Gasteiger partial charge in [-0.25, -0.2) is 0 Å². The first kappa shape index (κ1) is 14.7. The Kier molecular flexibility index (Phi) is 6.44. The van der Waals surface area contributed by atoms with E-state index in [1.165, 1.54) is 5.56 Å². The van der Waals surface area contributed by atoms with Crippen LogP contribution >= 0.6 is 0 Å². The molecular formula is C15H22O3. The predicted octanol–water partition coefficient (Wildman–Crippen LogP) is 2.85. The van der Waals surface area contributed by atoms with E-state index in [0.29, 0.717) is 13.0 Å². The molecule has 0 amide bonds. The number of methoxy groups -OCH3 is 1. The number of benzene rings is 1. The van der Waals surface area contributed by atoms with Crippen molar-refractivity contribution in [3.8, 4) is 5.75 Å². The molecule has 0 fully saturated rings. The quantitative estimate of drug-likeness (QED) is 0.525. The molecule has 0 bridgehead atoms. The van der Waals surface area contributed by atoms with Gasteiger partial charge in [0, 0.05) is 26.6 Å². The molecule has 0 spiro atoms. The lowest BCUT2D eigenvalue weighted by atomic mass is 10.0. The summed E-state index contributed by atoms with van der Waals surface area (Å²) in [5, 5.41) is 0. The van der Waals surface area contributed by atoms with E-state index >= 15 is 0 Å². The topological polar surface area (TPSA) is 35.5 Å². The van der Waals surface area contributed by atoms with E-state index in [1.54, 1.807) is 7.11 Å². The van der Waals surface area contributed by atoms with Crippen molar-refractivity contribution in [1.82, 2.24) is 0 Å². The van der Waals surface area contributed by atoms with Crippen molar-refractivity contribution < 1.29 is 14.3 Å². The van der Waals surface area contributed by atoms with Crippen LogP contribution in [0.5, 0.6) is 5.75 Å². The third-order valence-electron chi connectivity index (χ3n) is 2.81. The highest BCUT2D eigenvalue weighted by molar-refractivity contribution is 5.51. The summed E-state index contributed by atoms with van der Waals surface area (Å²) in [6, 6.07) is 4.20. The fourth-order valence-electron chi connectivity index (χ4n) is 2.02. The number of rotatable bonds is 8. The van der Waals surface area contributed by atoms with Gasteiger partial charge in [0.25, 0.3) is 0 Å². The molecule has 0 N–H and O–H groups in total. The van der Waals surface area contributed by atoms with Gasteiger partial charge in [-0.1, -0.05) is 12.1 Å². The Morgan fingerprint density at radius 2 is 1.83 bits per heavy atom. The molecule has 0 aliphatic heterocycles. The Balaban J connectivity index is 2.65. The Morgan fingerprint density at radius 3 is 2.39 bits per heavy atom. The highest BCUT2D eigenvalue weighted by Crippen LogP contribution is 2.25. The highest BCUT2D eigenvalue weighted by Gasteiger charge is 2.06. The largest absolute Gasteiger partial charge is 0.493 e. The van der Waals surface area contributed by atoms with E-state index < -0.39 is 0 Å². The molecule has 0 radical (unpaired) electrons. The summed E-state index contributed by atoms with van der Waals surface area (Å²) in [4.78, 5) is 10.4. The Hall–Kier alpha value is -1.35. The predicted molar refractivity (Wildman–Crippen MR) is 72.3 cm³/mol. The van der Waals surface area contributed by atoms with Crippen LogP contribution in [-0.2, 0) is 16.0 Å². The Bertz CT molecular complexity index is 362. The van der Waals surface area contributed by atoms with Gasteiger partial charge in [-0.3, -0.25) is 0 Å². The van der Waals surface area contributed by atoms with Gasteiger partial charge in [-0.2, -0.15) is 0 Å². The summed E-state index contributed by atoms with van der Waals surface area (Å²) in [6.07, 6.45) is 3.23. The van der Waals surface area contributed by atoms with Gasteiger partial charge in [0.1, 0.15) is 12.0 Å². The number of carbonyl (C=O) groups is 1. The number of ether oxygens (including phenoxy) is 2. The lowest BCUT2D eigenvalue weighted by Crippen LogP contribution is -2.04. The standard InChI is InChI=1S/C15H22O3/c1-12-10-14(6-4-7-16)11-13(2)15(12)18-9-5-8-17-3/h7,10-11H,4-6,8-9H2,1-3H3. The molecular weight excluding hydrogens is 228 g/mol. The van der Waals surface area contributed by atoms with Gasteiger partial charge < -0.3 is 14.3 Å². The first-order valence-electron chi connectivity index (χ1n) is 6.34. The third kappa shape index (κ3) is 4.49. The normalized spacial score (nSPS) is 10.4. The second kappa shape index (κ2) is 7.88. The van der Waals surface area contributed by atoms with E-state index in [2.05, 4.69) is 12.1 Å². The van der Waals surface area contributed by atoms with Crippen LogP contribution in [0.1, 0.15) is 29.5 Å². The van der Waals surface area contributed by atoms with Crippen molar-refractivity contribution >= 4 is 6.29 Å². The smallest absolute Gasteiger partial charge is 0.125 e. The molecule has 18 heavy (non-hydrogen) atoms. The highest BCUT2D eigenvalue weighted by atomic mass is 16.5. The van der Waals surface area contributed by atoms with Crippen molar-refractivity contribution in [3.05, 3.63) is 28.8 Å². The number of carbonyl (C=O) groups excluding carboxylic acids is 1. The molecule has 0 atom stereocenters. The monoisotopic (exact) mass is 250 g/mol. The summed E-state index contributed by atoms with van der Waals surface area (Å²) >= 11 is 0. The molecule has 1 aromatic carbocycles. The van der Waals surface area contributed by atoms with Crippen LogP contribution in [0.2, 0.25) is 0 Å². The minimum atomic E-state index is 0.576. The van der Waals surface area contributed by atoms with Gasteiger partial charge in [-0.15, -0.1) is 0 Å². The molecule has 1 rings (SSSR count). The summed E-state index contributed by atoms with van der Waals surface area (Å²) < 4.78 is 10.8. The number of aryl methyl sites for hydroxylation is 3. The molecule has 1 aromatic rings. The molecule has 0 saturated heterocycles. The van der Waals surface area contributed by atoms with E-state index in [4.69, 9.17) is 9.47 Å². The second-order valence-electron chi connectivity index (χ2n) is 4.46. The van der Waals surface area contributed by atoms with Crippen molar-refractivity contribution in [2.24, 2.45) is 0 Å². The van der Waals surface area contributed by atoms with Crippen molar-refractivity contribution in [2.75, 3.05) is 20.3 Å². The maximum absolute atomic E-state index is 10.4. The maximum atomic E-state index is 10.4. The van der Waals surface area contributed by atoms with Gasteiger partial charge in [0.15, 0.2) is 0 Å². The van der Waals surface area contributed by atoms with E-state index in [0.717, 1.165) is 42.6 Å². The summed E-state index contributed by atoms with van der Waals surface area (Å²) in [6.45, 7) is 5.48. The number of hydrogen-bond acceptors (Lipinski definition) is 3. The van der Waals surface area contributed by atoms with Gasteiger partial charge in [-0.05, 0) is 37.0 Å². The fraction of sp³-hybridized carbons (Fsp3) is 0.533.